The fraction of sp³-hybridized carbons (Fsp3) is 0.529. The number of amidine groups is 1. The van der Waals surface area contributed by atoms with E-state index in [0.717, 1.165) is 5.56 Å². The van der Waals surface area contributed by atoms with Crippen molar-refractivity contribution in [3.63, 3.8) is 0 Å². The van der Waals surface area contributed by atoms with Gasteiger partial charge in [-0.15, -0.1) is 0 Å². The number of oxime groups is 1. The molecule has 2 fully saturated rings. The summed E-state index contributed by atoms with van der Waals surface area (Å²) in [5, 5.41) is 6.91. The van der Waals surface area contributed by atoms with Crippen LogP contribution in [0, 0.1) is 11.8 Å². The monoisotopic (exact) mass is 301 g/mol. The molecule has 0 radical (unpaired) electrons. The Hall–Kier alpha value is -2.04. The molecule has 3 rings (SSSR count). The van der Waals surface area contributed by atoms with Crippen LogP contribution in [-0.2, 0) is 16.1 Å². The molecule has 0 spiro atoms. The molecule has 0 atom stereocenters. The first-order valence-electron chi connectivity index (χ1n) is 8.00. The van der Waals surface area contributed by atoms with Crippen LogP contribution in [0.4, 0.5) is 0 Å². The summed E-state index contributed by atoms with van der Waals surface area (Å²) >= 11 is 0. The summed E-state index contributed by atoms with van der Waals surface area (Å²) in [6.45, 7) is -0.0641. The predicted molar refractivity (Wildman–Crippen MR) is 85.1 cm³/mol. The first-order chi connectivity index (χ1) is 10.7. The number of hydrogen-bond donors (Lipinski definition) is 2. The molecular weight excluding hydrogens is 278 g/mol. The molecule has 3 N–H and O–H groups in total. The standard InChI is InChI=1S/C17H23N3O2/c18-15(10-12-4-2-1-3-5-12)20-22-11-16(21)19-17(13-6-7-13)14-8-9-14/h1-5,13-14,17H,6-11H2,(H2,18,20)(H,19,21). The first kappa shape index (κ1) is 14.9. The average molecular weight is 301 g/mol. The van der Waals surface area contributed by atoms with E-state index in [1.54, 1.807) is 0 Å². The maximum Gasteiger partial charge on any atom is 0.261 e. The fourth-order valence-electron chi connectivity index (χ4n) is 2.77. The zero-order valence-electron chi connectivity index (χ0n) is 12.7. The Balaban J connectivity index is 1.39. The van der Waals surface area contributed by atoms with Gasteiger partial charge in [-0.2, -0.15) is 0 Å². The molecule has 2 aliphatic rings. The second-order valence-corrected chi connectivity index (χ2v) is 6.29. The third-order valence-electron chi connectivity index (χ3n) is 4.19. The molecule has 0 aliphatic heterocycles. The van der Waals surface area contributed by atoms with Crippen LogP contribution in [0.25, 0.3) is 0 Å². The minimum Gasteiger partial charge on any atom is -0.384 e. The second kappa shape index (κ2) is 6.81. The van der Waals surface area contributed by atoms with Gasteiger partial charge in [-0.3, -0.25) is 4.79 Å². The quantitative estimate of drug-likeness (QED) is 0.437. The van der Waals surface area contributed by atoms with Gasteiger partial charge in [0.15, 0.2) is 6.61 Å². The molecular formula is C17H23N3O2. The molecule has 0 bridgehead atoms. The minimum atomic E-state index is -0.0972. The van der Waals surface area contributed by atoms with Crippen LogP contribution in [0.1, 0.15) is 31.2 Å². The van der Waals surface area contributed by atoms with E-state index in [-0.39, 0.29) is 12.5 Å². The molecule has 118 valence electrons. The van der Waals surface area contributed by atoms with E-state index in [1.165, 1.54) is 25.7 Å². The van der Waals surface area contributed by atoms with Crippen molar-refractivity contribution in [2.75, 3.05) is 6.61 Å². The summed E-state index contributed by atoms with van der Waals surface area (Å²) in [6.07, 6.45) is 5.49. The van der Waals surface area contributed by atoms with Crippen molar-refractivity contribution in [3.05, 3.63) is 35.9 Å². The Morgan fingerprint density at radius 1 is 1.23 bits per heavy atom. The molecule has 0 heterocycles. The summed E-state index contributed by atoms with van der Waals surface area (Å²) in [5.41, 5.74) is 6.87. The SMILES string of the molecule is N/C(Cc1ccccc1)=N\OCC(=O)NC(C1CC1)C1CC1. The molecule has 0 saturated heterocycles. The number of nitrogens with one attached hydrogen (secondary N) is 1. The van der Waals surface area contributed by atoms with Crippen molar-refractivity contribution >= 4 is 11.7 Å². The summed E-state index contributed by atoms with van der Waals surface area (Å²) < 4.78 is 0. The van der Waals surface area contributed by atoms with Crippen LogP contribution in [0.15, 0.2) is 35.5 Å². The number of hydrogen-bond acceptors (Lipinski definition) is 3. The Morgan fingerprint density at radius 2 is 1.86 bits per heavy atom. The van der Waals surface area contributed by atoms with Crippen molar-refractivity contribution in [1.29, 1.82) is 0 Å². The third-order valence-corrected chi connectivity index (χ3v) is 4.19. The van der Waals surface area contributed by atoms with Crippen LogP contribution in [0.2, 0.25) is 0 Å². The minimum absolute atomic E-state index is 0.0641. The highest BCUT2D eigenvalue weighted by Crippen LogP contribution is 2.44. The van der Waals surface area contributed by atoms with Gasteiger partial charge in [0.25, 0.3) is 5.91 Å². The molecule has 0 unspecified atom stereocenters. The van der Waals surface area contributed by atoms with E-state index < -0.39 is 0 Å². The smallest absolute Gasteiger partial charge is 0.261 e. The largest absolute Gasteiger partial charge is 0.384 e. The van der Waals surface area contributed by atoms with E-state index in [2.05, 4.69) is 10.5 Å². The van der Waals surface area contributed by atoms with E-state index in [4.69, 9.17) is 10.6 Å². The van der Waals surface area contributed by atoms with Gasteiger partial charge in [-0.25, -0.2) is 0 Å². The second-order valence-electron chi connectivity index (χ2n) is 6.29. The summed E-state index contributed by atoms with van der Waals surface area (Å²) in [4.78, 5) is 17.0. The van der Waals surface area contributed by atoms with Gasteiger partial charge in [0.2, 0.25) is 0 Å². The van der Waals surface area contributed by atoms with Crippen molar-refractivity contribution in [2.45, 2.75) is 38.1 Å². The van der Waals surface area contributed by atoms with Crippen LogP contribution in [-0.4, -0.2) is 24.4 Å². The molecule has 5 heteroatoms. The lowest BCUT2D eigenvalue weighted by Gasteiger charge is -2.16. The highest BCUT2D eigenvalue weighted by atomic mass is 16.6. The molecule has 22 heavy (non-hydrogen) atoms. The van der Waals surface area contributed by atoms with Gasteiger partial charge >= 0.3 is 0 Å². The van der Waals surface area contributed by atoms with E-state index in [0.29, 0.717) is 30.1 Å². The number of benzene rings is 1. The summed E-state index contributed by atoms with van der Waals surface area (Å²) in [5.74, 6) is 1.64. The normalized spacial score (nSPS) is 18.3. The number of amides is 1. The maximum absolute atomic E-state index is 11.9. The summed E-state index contributed by atoms with van der Waals surface area (Å²) in [6, 6.07) is 10.2. The van der Waals surface area contributed by atoms with Gasteiger partial charge < -0.3 is 15.9 Å². The highest BCUT2D eigenvalue weighted by molar-refractivity contribution is 5.82. The van der Waals surface area contributed by atoms with E-state index in [9.17, 15) is 4.79 Å². The number of nitrogens with two attached hydrogens (primary N) is 1. The lowest BCUT2D eigenvalue weighted by atomic mass is 10.1. The molecule has 1 aromatic rings. The zero-order chi connectivity index (χ0) is 15.4. The van der Waals surface area contributed by atoms with Gasteiger partial charge in [-0.05, 0) is 43.1 Å². The fourth-order valence-corrected chi connectivity index (χ4v) is 2.77. The zero-order valence-corrected chi connectivity index (χ0v) is 12.7. The van der Waals surface area contributed by atoms with Crippen LogP contribution in [0.5, 0.6) is 0 Å². The van der Waals surface area contributed by atoms with E-state index >= 15 is 0 Å². The van der Waals surface area contributed by atoms with E-state index in [1.807, 2.05) is 30.3 Å². The Kier molecular flexibility index (Phi) is 4.61. The van der Waals surface area contributed by atoms with Gasteiger partial charge in [-0.1, -0.05) is 35.5 Å². The molecule has 0 aromatic heterocycles. The number of rotatable bonds is 8. The topological polar surface area (TPSA) is 76.7 Å². The lowest BCUT2D eigenvalue weighted by Crippen LogP contribution is -2.40. The van der Waals surface area contributed by atoms with Crippen LogP contribution >= 0.6 is 0 Å². The van der Waals surface area contributed by atoms with Crippen molar-refractivity contribution in [1.82, 2.24) is 5.32 Å². The van der Waals surface area contributed by atoms with Crippen molar-refractivity contribution in [3.8, 4) is 0 Å². The molecule has 2 aliphatic carbocycles. The Labute approximate surface area is 130 Å². The van der Waals surface area contributed by atoms with Gasteiger partial charge in [0.1, 0.15) is 5.84 Å². The van der Waals surface area contributed by atoms with Crippen molar-refractivity contribution in [2.24, 2.45) is 22.7 Å². The number of carbonyl (C=O) groups excluding carboxylic acids is 1. The van der Waals surface area contributed by atoms with Gasteiger partial charge in [0, 0.05) is 12.5 Å². The Bertz CT molecular complexity index is 524. The molecule has 1 amide bonds. The maximum atomic E-state index is 11.9. The summed E-state index contributed by atoms with van der Waals surface area (Å²) in [7, 11) is 0. The molecule has 2 saturated carbocycles. The lowest BCUT2D eigenvalue weighted by molar-refractivity contribution is -0.126. The third kappa shape index (κ3) is 4.48. The Morgan fingerprint density at radius 3 is 2.45 bits per heavy atom. The first-order valence-corrected chi connectivity index (χ1v) is 8.00. The number of carbonyl (C=O) groups is 1. The van der Waals surface area contributed by atoms with Crippen molar-refractivity contribution < 1.29 is 9.63 Å². The van der Waals surface area contributed by atoms with Crippen LogP contribution < -0.4 is 11.1 Å². The highest BCUT2D eigenvalue weighted by Gasteiger charge is 2.42. The molecule has 1 aromatic carbocycles. The number of nitrogens with zero attached hydrogens (tertiary/aromatic N) is 1. The van der Waals surface area contributed by atoms with Crippen LogP contribution in [0.3, 0.4) is 0 Å². The average Bonchev–Trinajstić information content (AvgIpc) is 3.39. The predicted octanol–water partition coefficient (Wildman–Crippen LogP) is 1.82. The molecule has 5 nitrogen and oxygen atoms in total. The van der Waals surface area contributed by atoms with Gasteiger partial charge in [0.05, 0.1) is 0 Å².